The van der Waals surface area contributed by atoms with E-state index in [1.807, 2.05) is 16.7 Å². The number of nitrogens with two attached hydrogens (primary N) is 1. The quantitative estimate of drug-likeness (QED) is 0.797. The van der Waals surface area contributed by atoms with Crippen molar-refractivity contribution < 1.29 is 9.47 Å². The molecule has 1 aromatic heterocycles. The molecule has 0 amide bonds. The zero-order valence-electron chi connectivity index (χ0n) is 9.35. The number of hydrogen-bond donors (Lipinski definition) is 1. The maximum Gasteiger partial charge on any atom is 0.201 e. The van der Waals surface area contributed by atoms with Crippen LogP contribution in [0.5, 0.6) is 11.5 Å². The lowest BCUT2D eigenvalue weighted by Gasteiger charge is -2.18. The van der Waals surface area contributed by atoms with E-state index in [9.17, 15) is 0 Å². The molecule has 0 fully saturated rings. The van der Waals surface area contributed by atoms with Crippen LogP contribution >= 0.6 is 0 Å². The second-order valence-electron chi connectivity index (χ2n) is 3.85. The van der Waals surface area contributed by atoms with Crippen molar-refractivity contribution in [2.24, 2.45) is 0 Å². The molecule has 1 aliphatic rings. The van der Waals surface area contributed by atoms with E-state index in [-0.39, 0.29) is 0 Å². The maximum absolute atomic E-state index is 5.86. The smallest absolute Gasteiger partial charge is 0.201 e. The average Bonchev–Trinajstić information content (AvgIpc) is 2.63. The van der Waals surface area contributed by atoms with Gasteiger partial charge in [-0.2, -0.15) is 0 Å². The topological polar surface area (TPSA) is 62.3 Å². The molecule has 88 valence electrons. The Morgan fingerprint density at radius 3 is 2.76 bits per heavy atom. The van der Waals surface area contributed by atoms with E-state index in [0.717, 1.165) is 22.5 Å². The van der Waals surface area contributed by atoms with Crippen LogP contribution in [0.15, 0.2) is 24.8 Å². The molecule has 2 N–H and O–H groups in total. The SMILES string of the molecule is C=CCn1c(N)nc2cc3c(cc21)OCCO3. The van der Waals surface area contributed by atoms with Gasteiger partial charge in [-0.05, 0) is 0 Å². The number of hydrogen-bond acceptors (Lipinski definition) is 4. The summed E-state index contributed by atoms with van der Waals surface area (Å²) in [6.07, 6.45) is 1.79. The fourth-order valence-electron chi connectivity index (χ4n) is 2.00. The fourth-order valence-corrected chi connectivity index (χ4v) is 2.00. The highest BCUT2D eigenvalue weighted by Gasteiger charge is 2.16. The van der Waals surface area contributed by atoms with Gasteiger partial charge in [-0.3, -0.25) is 0 Å². The molecule has 0 aliphatic carbocycles. The summed E-state index contributed by atoms with van der Waals surface area (Å²) >= 11 is 0. The van der Waals surface area contributed by atoms with Crippen LogP contribution < -0.4 is 15.2 Å². The highest BCUT2D eigenvalue weighted by Crippen LogP contribution is 2.35. The van der Waals surface area contributed by atoms with Crippen LogP contribution in [0.4, 0.5) is 5.95 Å². The lowest BCUT2D eigenvalue weighted by molar-refractivity contribution is 0.172. The molecule has 3 rings (SSSR count). The van der Waals surface area contributed by atoms with Crippen LogP contribution in [0.3, 0.4) is 0 Å². The highest BCUT2D eigenvalue weighted by atomic mass is 16.6. The summed E-state index contributed by atoms with van der Waals surface area (Å²) in [6, 6.07) is 3.77. The van der Waals surface area contributed by atoms with Crippen molar-refractivity contribution in [1.82, 2.24) is 9.55 Å². The Morgan fingerprint density at radius 1 is 1.35 bits per heavy atom. The van der Waals surface area contributed by atoms with Crippen LogP contribution in [0.25, 0.3) is 11.0 Å². The number of anilines is 1. The molecule has 0 spiro atoms. The maximum atomic E-state index is 5.86. The molecular weight excluding hydrogens is 218 g/mol. The third-order valence-corrected chi connectivity index (χ3v) is 2.75. The van der Waals surface area contributed by atoms with Gasteiger partial charge < -0.3 is 19.8 Å². The van der Waals surface area contributed by atoms with Crippen LogP contribution in [-0.4, -0.2) is 22.8 Å². The molecule has 0 saturated carbocycles. The summed E-state index contributed by atoms with van der Waals surface area (Å²) in [5.74, 6) is 1.95. The van der Waals surface area contributed by atoms with Crippen LogP contribution in [-0.2, 0) is 6.54 Å². The van der Waals surface area contributed by atoms with Gasteiger partial charge in [0.05, 0.1) is 11.0 Å². The first-order chi connectivity index (χ1) is 8.29. The summed E-state index contributed by atoms with van der Waals surface area (Å²) in [5.41, 5.74) is 7.61. The third kappa shape index (κ3) is 1.51. The van der Waals surface area contributed by atoms with Crippen molar-refractivity contribution in [1.29, 1.82) is 0 Å². The van der Waals surface area contributed by atoms with Gasteiger partial charge in [0.1, 0.15) is 13.2 Å². The zero-order chi connectivity index (χ0) is 11.8. The molecule has 1 aliphatic heterocycles. The largest absolute Gasteiger partial charge is 0.486 e. The van der Waals surface area contributed by atoms with Gasteiger partial charge in [0, 0.05) is 18.7 Å². The Bertz CT molecular complexity index is 589. The monoisotopic (exact) mass is 231 g/mol. The van der Waals surface area contributed by atoms with E-state index in [1.165, 1.54) is 0 Å². The van der Waals surface area contributed by atoms with Crippen molar-refractivity contribution in [2.45, 2.75) is 6.54 Å². The zero-order valence-corrected chi connectivity index (χ0v) is 9.35. The van der Waals surface area contributed by atoms with Gasteiger partial charge in [0.15, 0.2) is 11.5 Å². The van der Waals surface area contributed by atoms with Gasteiger partial charge in [-0.25, -0.2) is 4.98 Å². The molecule has 0 bridgehead atoms. The van der Waals surface area contributed by atoms with Crippen molar-refractivity contribution in [2.75, 3.05) is 18.9 Å². The van der Waals surface area contributed by atoms with Crippen LogP contribution in [0, 0.1) is 0 Å². The molecular formula is C12H13N3O2. The standard InChI is InChI=1S/C12H13N3O2/c1-2-3-15-9-7-11-10(16-4-5-17-11)6-8(9)14-12(15)13/h2,6-7H,1,3-5H2,(H2,13,14). The molecule has 5 heteroatoms. The number of ether oxygens (including phenoxy) is 2. The number of allylic oxidation sites excluding steroid dienone is 1. The fraction of sp³-hybridized carbons (Fsp3) is 0.250. The average molecular weight is 231 g/mol. The van der Waals surface area contributed by atoms with E-state index < -0.39 is 0 Å². The summed E-state index contributed by atoms with van der Waals surface area (Å²) in [4.78, 5) is 4.30. The van der Waals surface area contributed by atoms with Gasteiger partial charge >= 0.3 is 0 Å². The first kappa shape index (κ1) is 10.0. The molecule has 0 atom stereocenters. The minimum Gasteiger partial charge on any atom is -0.486 e. The Hall–Kier alpha value is -2.17. The molecule has 17 heavy (non-hydrogen) atoms. The number of fused-ring (bicyclic) bond motifs is 2. The molecule has 1 aromatic carbocycles. The number of benzene rings is 1. The second-order valence-corrected chi connectivity index (χ2v) is 3.85. The number of imidazole rings is 1. The molecule has 5 nitrogen and oxygen atoms in total. The molecule has 2 heterocycles. The Balaban J connectivity index is 2.23. The Labute approximate surface area is 98.4 Å². The summed E-state index contributed by atoms with van der Waals surface area (Å²) in [6.45, 7) is 5.48. The van der Waals surface area contributed by atoms with Crippen molar-refractivity contribution in [3.8, 4) is 11.5 Å². The molecule has 2 aromatic rings. The van der Waals surface area contributed by atoms with E-state index in [2.05, 4.69) is 11.6 Å². The number of nitrogen functional groups attached to an aromatic ring is 1. The van der Waals surface area contributed by atoms with Crippen molar-refractivity contribution in [3.05, 3.63) is 24.8 Å². The predicted molar refractivity (Wildman–Crippen MR) is 65.3 cm³/mol. The lowest BCUT2D eigenvalue weighted by atomic mass is 10.2. The van der Waals surface area contributed by atoms with Gasteiger partial charge in [0.25, 0.3) is 0 Å². The minimum absolute atomic E-state index is 0.474. The van der Waals surface area contributed by atoms with E-state index in [0.29, 0.717) is 25.7 Å². The summed E-state index contributed by atoms with van der Waals surface area (Å²) < 4.78 is 12.9. The third-order valence-electron chi connectivity index (χ3n) is 2.75. The van der Waals surface area contributed by atoms with Crippen molar-refractivity contribution >= 4 is 17.0 Å². The Kier molecular flexibility index (Phi) is 2.18. The number of rotatable bonds is 2. The highest BCUT2D eigenvalue weighted by molar-refractivity contribution is 5.82. The van der Waals surface area contributed by atoms with Gasteiger partial charge in [-0.15, -0.1) is 6.58 Å². The van der Waals surface area contributed by atoms with Crippen LogP contribution in [0.2, 0.25) is 0 Å². The first-order valence-corrected chi connectivity index (χ1v) is 5.46. The Morgan fingerprint density at radius 2 is 2.06 bits per heavy atom. The number of nitrogens with zero attached hydrogens (tertiary/aromatic N) is 2. The minimum atomic E-state index is 0.474. The first-order valence-electron chi connectivity index (χ1n) is 5.46. The van der Waals surface area contributed by atoms with E-state index >= 15 is 0 Å². The van der Waals surface area contributed by atoms with Crippen LogP contribution in [0.1, 0.15) is 0 Å². The predicted octanol–water partition coefficient (Wildman–Crippen LogP) is 1.58. The normalized spacial score (nSPS) is 13.9. The molecule has 0 unspecified atom stereocenters. The van der Waals surface area contributed by atoms with E-state index in [4.69, 9.17) is 15.2 Å². The summed E-state index contributed by atoms with van der Waals surface area (Å²) in [5, 5.41) is 0. The second kappa shape index (κ2) is 3.69. The van der Waals surface area contributed by atoms with Crippen molar-refractivity contribution in [3.63, 3.8) is 0 Å². The number of aromatic nitrogens is 2. The van der Waals surface area contributed by atoms with Gasteiger partial charge in [-0.1, -0.05) is 6.08 Å². The van der Waals surface area contributed by atoms with E-state index in [1.54, 1.807) is 6.08 Å². The molecule has 0 radical (unpaired) electrons. The summed E-state index contributed by atoms with van der Waals surface area (Å²) in [7, 11) is 0. The van der Waals surface area contributed by atoms with Gasteiger partial charge in [0.2, 0.25) is 5.95 Å². The molecule has 0 saturated heterocycles. The lowest BCUT2D eigenvalue weighted by Crippen LogP contribution is -2.15.